The van der Waals surface area contributed by atoms with Crippen LogP contribution in [-0.4, -0.2) is 13.1 Å². The lowest BCUT2D eigenvalue weighted by Crippen LogP contribution is -2.12. The van der Waals surface area contributed by atoms with E-state index in [1.807, 2.05) is 30.3 Å². The fourth-order valence-electron chi connectivity index (χ4n) is 3.29. The zero-order valence-electron chi connectivity index (χ0n) is 19.0. The molecule has 0 aliphatic rings. The van der Waals surface area contributed by atoms with Gasteiger partial charge in [-0.15, -0.1) is 0 Å². The van der Waals surface area contributed by atoms with Gasteiger partial charge in [-0.25, -0.2) is 4.79 Å². The minimum Gasteiger partial charge on any atom is -0.465 e. The minimum absolute atomic E-state index is 0.0659. The molecule has 3 nitrogen and oxygen atoms in total. The van der Waals surface area contributed by atoms with Crippen molar-refractivity contribution in [1.29, 1.82) is 0 Å². The molecule has 0 heterocycles. The molecule has 0 aliphatic carbocycles. The number of methoxy groups -OCH3 is 1. The molecule has 0 fully saturated rings. The number of carbonyl (C=O) groups is 1. The van der Waals surface area contributed by atoms with E-state index in [1.54, 1.807) is 12.1 Å². The maximum Gasteiger partial charge on any atom is 0.337 e. The molecular formula is C28H28O3. The smallest absolute Gasteiger partial charge is 0.337 e. The quantitative estimate of drug-likeness (QED) is 0.360. The first-order valence-corrected chi connectivity index (χ1v) is 10.3. The summed E-state index contributed by atoms with van der Waals surface area (Å²) in [4.78, 5) is 11.6. The van der Waals surface area contributed by atoms with E-state index in [2.05, 4.69) is 64.7 Å². The van der Waals surface area contributed by atoms with Crippen molar-refractivity contribution >= 4 is 5.97 Å². The van der Waals surface area contributed by atoms with Gasteiger partial charge in [-0.1, -0.05) is 56.4 Å². The lowest BCUT2D eigenvalue weighted by atomic mass is 9.86. The first-order chi connectivity index (χ1) is 14.7. The third-order valence-corrected chi connectivity index (χ3v) is 5.00. The second-order valence-electron chi connectivity index (χ2n) is 8.65. The Hall–Kier alpha value is -3.51. The topological polar surface area (TPSA) is 35.5 Å². The summed E-state index contributed by atoms with van der Waals surface area (Å²) in [7, 11) is 1.37. The van der Waals surface area contributed by atoms with Crippen LogP contribution in [0.5, 0.6) is 11.5 Å². The molecule has 0 unspecified atom stereocenters. The van der Waals surface area contributed by atoms with Crippen LogP contribution in [0, 0.1) is 25.7 Å². The Kier molecular flexibility index (Phi) is 6.51. The van der Waals surface area contributed by atoms with Gasteiger partial charge in [-0.2, -0.15) is 0 Å². The molecule has 0 aromatic heterocycles. The van der Waals surface area contributed by atoms with Crippen LogP contribution in [0.15, 0.2) is 60.7 Å². The SMILES string of the molecule is COC(=O)c1ccc(C#Cc2ccc(C(C)(C)C)c(Oc3ccc(C)cc3C)c2)cc1. The van der Waals surface area contributed by atoms with Crippen LogP contribution in [0.1, 0.15) is 58.9 Å². The normalized spacial score (nSPS) is 10.8. The summed E-state index contributed by atoms with van der Waals surface area (Å²) in [6, 6.07) is 19.4. The molecule has 31 heavy (non-hydrogen) atoms. The van der Waals surface area contributed by atoms with E-state index in [1.165, 1.54) is 12.7 Å². The molecule has 0 radical (unpaired) electrons. The molecule has 0 spiro atoms. The molecule has 0 bridgehead atoms. The first-order valence-electron chi connectivity index (χ1n) is 10.3. The van der Waals surface area contributed by atoms with Gasteiger partial charge >= 0.3 is 5.97 Å². The van der Waals surface area contributed by atoms with Crippen molar-refractivity contribution < 1.29 is 14.3 Å². The second-order valence-corrected chi connectivity index (χ2v) is 8.65. The van der Waals surface area contributed by atoms with Gasteiger partial charge in [0.05, 0.1) is 12.7 Å². The lowest BCUT2D eigenvalue weighted by molar-refractivity contribution is 0.0600. The second kappa shape index (κ2) is 9.10. The largest absolute Gasteiger partial charge is 0.465 e. The summed E-state index contributed by atoms with van der Waals surface area (Å²) in [5.74, 6) is 7.66. The number of benzene rings is 3. The van der Waals surface area contributed by atoms with Gasteiger partial charge in [0.2, 0.25) is 0 Å². The summed E-state index contributed by atoms with van der Waals surface area (Å²) < 4.78 is 11.1. The third kappa shape index (κ3) is 5.55. The average Bonchev–Trinajstić information content (AvgIpc) is 2.73. The number of ether oxygens (including phenoxy) is 2. The molecule has 158 valence electrons. The average molecular weight is 413 g/mol. The molecule has 0 aliphatic heterocycles. The van der Waals surface area contributed by atoms with E-state index >= 15 is 0 Å². The Morgan fingerprint density at radius 1 is 0.806 bits per heavy atom. The fraction of sp³-hybridized carbons (Fsp3) is 0.250. The van der Waals surface area contributed by atoms with Crippen molar-refractivity contribution in [3.05, 3.63) is 94.0 Å². The minimum atomic E-state index is -0.356. The van der Waals surface area contributed by atoms with Crippen molar-refractivity contribution in [2.24, 2.45) is 0 Å². The maximum atomic E-state index is 11.6. The molecule has 0 amide bonds. The number of esters is 1. The number of hydrogen-bond donors (Lipinski definition) is 0. The standard InChI is InChI=1S/C28H28O3/c1-19-7-16-25(20(2)17-19)31-26-18-22(12-15-24(26)28(3,4)5)9-8-21-10-13-23(14-11-21)27(29)30-6/h7,10-18H,1-6H3. The molecule has 3 rings (SSSR count). The summed E-state index contributed by atoms with van der Waals surface area (Å²) in [6.45, 7) is 10.6. The van der Waals surface area contributed by atoms with E-state index in [0.717, 1.165) is 33.8 Å². The van der Waals surface area contributed by atoms with Crippen molar-refractivity contribution in [2.75, 3.05) is 7.11 Å². The number of rotatable bonds is 3. The van der Waals surface area contributed by atoms with E-state index in [-0.39, 0.29) is 11.4 Å². The molecule has 0 saturated heterocycles. The Bertz CT molecular complexity index is 1150. The number of hydrogen-bond acceptors (Lipinski definition) is 3. The van der Waals surface area contributed by atoms with E-state index in [9.17, 15) is 4.79 Å². The van der Waals surface area contributed by atoms with Crippen molar-refractivity contribution in [2.45, 2.75) is 40.0 Å². The van der Waals surface area contributed by atoms with Crippen molar-refractivity contribution in [3.8, 4) is 23.3 Å². The van der Waals surface area contributed by atoms with E-state index in [0.29, 0.717) is 5.56 Å². The predicted molar refractivity (Wildman–Crippen MR) is 125 cm³/mol. The van der Waals surface area contributed by atoms with Gasteiger partial charge < -0.3 is 9.47 Å². The summed E-state index contributed by atoms with van der Waals surface area (Å²) in [5.41, 5.74) is 5.56. The Morgan fingerprint density at radius 3 is 2.06 bits per heavy atom. The Labute approximate surface area is 185 Å². The summed E-state index contributed by atoms with van der Waals surface area (Å²) in [6.07, 6.45) is 0. The highest BCUT2D eigenvalue weighted by molar-refractivity contribution is 5.89. The molecule has 3 aromatic carbocycles. The van der Waals surface area contributed by atoms with Crippen molar-refractivity contribution in [1.82, 2.24) is 0 Å². The molecule has 3 heteroatoms. The van der Waals surface area contributed by atoms with Gasteiger partial charge in [0.15, 0.2) is 0 Å². The fourth-order valence-corrected chi connectivity index (χ4v) is 3.29. The van der Waals surface area contributed by atoms with Gasteiger partial charge in [0, 0.05) is 16.7 Å². The summed E-state index contributed by atoms with van der Waals surface area (Å²) in [5, 5.41) is 0. The van der Waals surface area contributed by atoms with Crippen LogP contribution in [-0.2, 0) is 10.2 Å². The van der Waals surface area contributed by atoms with Gasteiger partial charge in [-0.3, -0.25) is 0 Å². The highest BCUT2D eigenvalue weighted by Gasteiger charge is 2.20. The highest BCUT2D eigenvalue weighted by atomic mass is 16.5. The van der Waals surface area contributed by atoms with Gasteiger partial charge in [-0.05, 0) is 67.3 Å². The highest BCUT2D eigenvalue weighted by Crippen LogP contribution is 2.36. The zero-order chi connectivity index (χ0) is 22.6. The van der Waals surface area contributed by atoms with Crippen molar-refractivity contribution in [3.63, 3.8) is 0 Å². The Balaban J connectivity index is 1.93. The summed E-state index contributed by atoms with van der Waals surface area (Å²) >= 11 is 0. The zero-order valence-corrected chi connectivity index (χ0v) is 19.0. The molecule has 3 aromatic rings. The van der Waals surface area contributed by atoms with Crippen LogP contribution in [0.2, 0.25) is 0 Å². The first kappa shape index (κ1) is 22.2. The predicted octanol–water partition coefficient (Wildman–Crippen LogP) is 6.58. The van der Waals surface area contributed by atoms with Crippen LogP contribution in [0.4, 0.5) is 0 Å². The van der Waals surface area contributed by atoms with Crippen LogP contribution in [0.25, 0.3) is 0 Å². The molecule has 0 atom stereocenters. The van der Waals surface area contributed by atoms with Crippen LogP contribution < -0.4 is 4.74 Å². The third-order valence-electron chi connectivity index (χ3n) is 5.00. The Morgan fingerprint density at radius 2 is 1.45 bits per heavy atom. The van der Waals surface area contributed by atoms with E-state index in [4.69, 9.17) is 9.47 Å². The van der Waals surface area contributed by atoms with Gasteiger partial charge in [0.1, 0.15) is 11.5 Å². The van der Waals surface area contributed by atoms with E-state index < -0.39 is 0 Å². The number of carbonyl (C=O) groups excluding carboxylic acids is 1. The molecular weight excluding hydrogens is 384 g/mol. The molecule has 0 saturated carbocycles. The number of aryl methyl sites for hydroxylation is 2. The van der Waals surface area contributed by atoms with Gasteiger partial charge in [0.25, 0.3) is 0 Å². The van der Waals surface area contributed by atoms with Crippen LogP contribution >= 0.6 is 0 Å². The maximum absolute atomic E-state index is 11.6. The monoisotopic (exact) mass is 412 g/mol. The van der Waals surface area contributed by atoms with Crippen LogP contribution in [0.3, 0.4) is 0 Å². The lowest BCUT2D eigenvalue weighted by Gasteiger charge is -2.23. The molecule has 0 N–H and O–H groups in total.